The number of hydrogen-bond acceptors (Lipinski definition) is 4. The van der Waals surface area contributed by atoms with E-state index in [1.807, 2.05) is 17.5 Å². The summed E-state index contributed by atoms with van der Waals surface area (Å²) in [5.41, 5.74) is 0. The van der Waals surface area contributed by atoms with Gasteiger partial charge in [-0.3, -0.25) is 4.79 Å². The third-order valence-electron chi connectivity index (χ3n) is 4.30. The van der Waals surface area contributed by atoms with Crippen molar-refractivity contribution in [1.82, 2.24) is 15.1 Å². The topological polar surface area (TPSA) is 35.6 Å². The number of unbranched alkanes of at least 4 members (excludes halogenated alkanes) is 2. The summed E-state index contributed by atoms with van der Waals surface area (Å²) >= 11 is 1.65. The van der Waals surface area contributed by atoms with E-state index in [1.165, 1.54) is 52.1 Å². The lowest BCUT2D eigenvalue weighted by atomic mass is 10.2. The number of amides is 1. The van der Waals surface area contributed by atoms with E-state index < -0.39 is 0 Å². The van der Waals surface area contributed by atoms with Gasteiger partial charge in [0.05, 0.1) is 6.42 Å². The van der Waals surface area contributed by atoms with Crippen molar-refractivity contribution in [3.05, 3.63) is 22.4 Å². The van der Waals surface area contributed by atoms with Crippen molar-refractivity contribution in [2.24, 2.45) is 0 Å². The Kier molecular flexibility index (Phi) is 7.91. The number of hydrogen-bond donors (Lipinski definition) is 1. The second-order valence-corrected chi connectivity index (χ2v) is 6.97. The molecule has 1 fully saturated rings. The summed E-state index contributed by atoms with van der Waals surface area (Å²) in [6.07, 6.45) is 4.06. The Balaban J connectivity index is 1.43. The molecule has 1 aliphatic rings. The third kappa shape index (κ3) is 6.46. The molecule has 1 aliphatic heterocycles. The van der Waals surface area contributed by atoms with Crippen LogP contribution in [0.3, 0.4) is 0 Å². The highest BCUT2D eigenvalue weighted by molar-refractivity contribution is 7.10. The molecule has 4 nitrogen and oxygen atoms in total. The maximum absolute atomic E-state index is 11.7. The van der Waals surface area contributed by atoms with Gasteiger partial charge in [0.15, 0.2) is 0 Å². The van der Waals surface area contributed by atoms with Crippen molar-refractivity contribution in [1.29, 1.82) is 0 Å². The van der Waals surface area contributed by atoms with Crippen LogP contribution in [0.15, 0.2) is 17.5 Å². The van der Waals surface area contributed by atoms with E-state index in [4.69, 9.17) is 0 Å². The first-order valence-electron chi connectivity index (χ1n) is 8.51. The van der Waals surface area contributed by atoms with Gasteiger partial charge in [-0.05, 0) is 37.4 Å². The Morgan fingerprint density at radius 2 is 1.95 bits per heavy atom. The quantitative estimate of drug-likeness (QED) is 0.708. The van der Waals surface area contributed by atoms with Crippen molar-refractivity contribution in [3.63, 3.8) is 0 Å². The highest BCUT2D eigenvalue weighted by Crippen LogP contribution is 2.09. The molecule has 0 unspecified atom stereocenters. The lowest BCUT2D eigenvalue weighted by Gasteiger charge is -2.33. The van der Waals surface area contributed by atoms with Gasteiger partial charge in [-0.1, -0.05) is 19.4 Å². The first kappa shape index (κ1) is 17.4. The number of rotatable bonds is 9. The summed E-state index contributed by atoms with van der Waals surface area (Å²) in [6.45, 7) is 10.3. The number of nitrogens with zero attached hydrogens (tertiary/aromatic N) is 2. The van der Waals surface area contributed by atoms with Crippen molar-refractivity contribution >= 4 is 17.2 Å². The van der Waals surface area contributed by atoms with Gasteiger partial charge in [0.2, 0.25) is 5.91 Å². The van der Waals surface area contributed by atoms with E-state index in [-0.39, 0.29) is 5.91 Å². The number of nitrogens with one attached hydrogen (secondary N) is 1. The molecule has 1 aromatic heterocycles. The van der Waals surface area contributed by atoms with Crippen molar-refractivity contribution in [2.45, 2.75) is 32.6 Å². The van der Waals surface area contributed by atoms with Gasteiger partial charge >= 0.3 is 0 Å². The fourth-order valence-corrected chi connectivity index (χ4v) is 3.53. The second-order valence-electron chi connectivity index (χ2n) is 5.94. The number of likely N-dealkylation sites (N-methyl/N-ethyl adjacent to an activating group) is 1. The van der Waals surface area contributed by atoms with E-state index in [9.17, 15) is 4.79 Å². The molecule has 1 N–H and O–H groups in total. The molecule has 5 heteroatoms. The SMILES string of the molecule is CCN1CCN(CCCCCNC(=O)Cc2cccs2)CC1. The minimum atomic E-state index is 0.151. The predicted molar refractivity (Wildman–Crippen MR) is 93.4 cm³/mol. The molecule has 1 amide bonds. The van der Waals surface area contributed by atoms with Crippen LogP contribution in [0, 0.1) is 0 Å². The minimum Gasteiger partial charge on any atom is -0.356 e. The van der Waals surface area contributed by atoms with Crippen LogP contribution in [0.4, 0.5) is 0 Å². The second kappa shape index (κ2) is 9.98. The highest BCUT2D eigenvalue weighted by Gasteiger charge is 2.14. The van der Waals surface area contributed by atoms with E-state index in [2.05, 4.69) is 22.0 Å². The average molecular weight is 324 g/mol. The smallest absolute Gasteiger partial charge is 0.225 e. The number of carbonyl (C=O) groups is 1. The molecule has 0 aromatic carbocycles. The summed E-state index contributed by atoms with van der Waals surface area (Å²) in [6, 6.07) is 4.01. The molecule has 1 saturated heterocycles. The van der Waals surface area contributed by atoms with Gasteiger partial charge in [-0.15, -0.1) is 11.3 Å². The van der Waals surface area contributed by atoms with E-state index in [0.29, 0.717) is 6.42 Å². The summed E-state index contributed by atoms with van der Waals surface area (Å²) in [5, 5.41) is 5.04. The Labute approximate surface area is 138 Å². The third-order valence-corrected chi connectivity index (χ3v) is 5.18. The number of piperazine rings is 1. The van der Waals surface area contributed by atoms with E-state index in [0.717, 1.165) is 17.8 Å². The van der Waals surface area contributed by atoms with Gasteiger partial charge < -0.3 is 15.1 Å². The fourth-order valence-electron chi connectivity index (χ4n) is 2.83. The van der Waals surface area contributed by atoms with Crippen molar-refractivity contribution in [2.75, 3.05) is 45.8 Å². The van der Waals surface area contributed by atoms with Gasteiger partial charge in [-0.25, -0.2) is 0 Å². The molecule has 0 aliphatic carbocycles. The fraction of sp³-hybridized carbons (Fsp3) is 0.706. The zero-order chi connectivity index (χ0) is 15.6. The highest BCUT2D eigenvalue weighted by atomic mass is 32.1. The maximum atomic E-state index is 11.7. The Morgan fingerprint density at radius 3 is 2.64 bits per heavy atom. The molecular weight excluding hydrogens is 294 g/mol. The molecule has 1 aromatic rings. The Hall–Kier alpha value is -0.910. The molecule has 0 atom stereocenters. The molecule has 0 radical (unpaired) electrons. The van der Waals surface area contributed by atoms with Crippen LogP contribution in [0.1, 0.15) is 31.1 Å². The van der Waals surface area contributed by atoms with Crippen LogP contribution in [0.2, 0.25) is 0 Å². The van der Waals surface area contributed by atoms with Crippen molar-refractivity contribution in [3.8, 4) is 0 Å². The molecule has 2 heterocycles. The lowest BCUT2D eigenvalue weighted by molar-refractivity contribution is -0.120. The van der Waals surface area contributed by atoms with Gasteiger partial charge in [0.1, 0.15) is 0 Å². The molecule has 22 heavy (non-hydrogen) atoms. The summed E-state index contributed by atoms with van der Waals surface area (Å²) in [5.74, 6) is 0.151. The normalized spacial score (nSPS) is 16.8. The average Bonchev–Trinajstić information content (AvgIpc) is 3.04. The number of thiophene rings is 1. The molecule has 2 rings (SSSR count). The summed E-state index contributed by atoms with van der Waals surface area (Å²) < 4.78 is 0. The van der Waals surface area contributed by atoms with Crippen molar-refractivity contribution < 1.29 is 4.79 Å². The van der Waals surface area contributed by atoms with Crippen LogP contribution in [0.5, 0.6) is 0 Å². The Morgan fingerprint density at radius 1 is 1.18 bits per heavy atom. The van der Waals surface area contributed by atoms with E-state index in [1.54, 1.807) is 11.3 Å². The van der Waals surface area contributed by atoms with Crippen LogP contribution in [0.25, 0.3) is 0 Å². The minimum absolute atomic E-state index is 0.151. The van der Waals surface area contributed by atoms with Gasteiger partial charge in [-0.2, -0.15) is 0 Å². The Bertz CT molecular complexity index is 414. The predicted octanol–water partition coefficient (Wildman–Crippen LogP) is 2.21. The van der Waals surface area contributed by atoms with Crippen LogP contribution in [-0.2, 0) is 11.2 Å². The first-order chi connectivity index (χ1) is 10.8. The molecule has 0 saturated carbocycles. The van der Waals surface area contributed by atoms with Crippen LogP contribution in [-0.4, -0.2) is 61.5 Å². The molecule has 0 bridgehead atoms. The number of carbonyl (C=O) groups excluding carboxylic acids is 1. The maximum Gasteiger partial charge on any atom is 0.225 e. The first-order valence-corrected chi connectivity index (χ1v) is 9.39. The molecule has 124 valence electrons. The largest absolute Gasteiger partial charge is 0.356 e. The zero-order valence-electron chi connectivity index (χ0n) is 13.7. The van der Waals surface area contributed by atoms with Gasteiger partial charge in [0.25, 0.3) is 0 Å². The molecular formula is C17H29N3OS. The van der Waals surface area contributed by atoms with Crippen LogP contribution < -0.4 is 5.32 Å². The zero-order valence-corrected chi connectivity index (χ0v) is 14.5. The summed E-state index contributed by atoms with van der Waals surface area (Å²) in [7, 11) is 0. The monoisotopic (exact) mass is 323 g/mol. The standard InChI is InChI=1S/C17H29N3OS/c1-2-19-10-12-20(13-11-19)9-5-3-4-8-18-17(21)15-16-7-6-14-22-16/h6-7,14H,2-5,8-13,15H2,1H3,(H,18,21). The summed E-state index contributed by atoms with van der Waals surface area (Å²) in [4.78, 5) is 18.0. The lowest BCUT2D eigenvalue weighted by Crippen LogP contribution is -2.46. The molecule has 0 spiro atoms. The van der Waals surface area contributed by atoms with Crippen LogP contribution >= 0.6 is 11.3 Å². The van der Waals surface area contributed by atoms with E-state index >= 15 is 0 Å². The van der Waals surface area contributed by atoms with Gasteiger partial charge in [0, 0.05) is 37.6 Å².